The molecule has 0 heterocycles. The summed E-state index contributed by atoms with van der Waals surface area (Å²) in [6, 6.07) is 4.49. The first kappa shape index (κ1) is 11.6. The van der Waals surface area contributed by atoms with Gasteiger partial charge in [0, 0.05) is 11.4 Å². The minimum Gasteiger partial charge on any atom is -0.507 e. The largest absolute Gasteiger partial charge is 0.507 e. The van der Waals surface area contributed by atoms with Gasteiger partial charge in [-0.3, -0.25) is 0 Å². The van der Waals surface area contributed by atoms with E-state index < -0.39 is 5.97 Å². The first-order chi connectivity index (χ1) is 7.19. The molecule has 0 atom stereocenters. The van der Waals surface area contributed by atoms with Crippen molar-refractivity contribution in [3.05, 3.63) is 35.4 Å². The number of ether oxygens (including phenoxy) is 1. The predicted molar refractivity (Wildman–Crippen MR) is 59.2 cm³/mol. The lowest BCUT2D eigenvalue weighted by molar-refractivity contribution is 0.0600. The fraction of sp³-hybridized carbons (Fsp3) is 0.182. The van der Waals surface area contributed by atoms with Crippen LogP contribution in [0, 0.1) is 0 Å². The highest BCUT2D eigenvalue weighted by Gasteiger charge is 2.07. The van der Waals surface area contributed by atoms with Crippen molar-refractivity contribution in [2.45, 2.75) is 0 Å². The molecule has 0 bridgehead atoms. The number of methoxy groups -OCH3 is 1. The zero-order valence-electron chi connectivity index (χ0n) is 8.24. The lowest BCUT2D eigenvalue weighted by Gasteiger charge is -2.02. The van der Waals surface area contributed by atoms with Gasteiger partial charge in [-0.05, 0) is 18.2 Å². The molecule has 0 amide bonds. The second kappa shape index (κ2) is 5.41. The van der Waals surface area contributed by atoms with Gasteiger partial charge in [-0.25, -0.2) is 4.79 Å². The van der Waals surface area contributed by atoms with Crippen LogP contribution in [0.3, 0.4) is 0 Å². The number of aromatic hydroxyl groups is 1. The van der Waals surface area contributed by atoms with Gasteiger partial charge >= 0.3 is 5.97 Å². The highest BCUT2D eigenvalue weighted by Crippen LogP contribution is 2.20. The number of halogens is 1. The van der Waals surface area contributed by atoms with Crippen molar-refractivity contribution in [2.24, 2.45) is 0 Å². The number of phenols is 1. The van der Waals surface area contributed by atoms with Crippen molar-refractivity contribution in [3.8, 4) is 5.75 Å². The summed E-state index contributed by atoms with van der Waals surface area (Å²) < 4.78 is 4.56. The fourth-order valence-corrected chi connectivity index (χ4v) is 1.19. The summed E-state index contributed by atoms with van der Waals surface area (Å²) in [7, 11) is 1.31. The van der Waals surface area contributed by atoms with Crippen LogP contribution in [0.1, 0.15) is 15.9 Å². The molecule has 0 aliphatic rings. The van der Waals surface area contributed by atoms with Crippen LogP contribution >= 0.6 is 11.6 Å². The zero-order chi connectivity index (χ0) is 11.3. The van der Waals surface area contributed by atoms with E-state index >= 15 is 0 Å². The van der Waals surface area contributed by atoms with Crippen molar-refractivity contribution >= 4 is 23.6 Å². The third kappa shape index (κ3) is 2.99. The van der Waals surface area contributed by atoms with Gasteiger partial charge in [-0.15, -0.1) is 11.6 Å². The first-order valence-corrected chi connectivity index (χ1v) is 4.86. The van der Waals surface area contributed by atoms with Crippen molar-refractivity contribution in [1.29, 1.82) is 0 Å². The quantitative estimate of drug-likeness (QED) is 0.636. The van der Waals surface area contributed by atoms with E-state index in [1.54, 1.807) is 18.2 Å². The molecule has 0 saturated heterocycles. The molecule has 0 aliphatic carbocycles. The molecule has 1 N–H and O–H groups in total. The van der Waals surface area contributed by atoms with E-state index in [9.17, 15) is 9.90 Å². The van der Waals surface area contributed by atoms with Crippen LogP contribution in [0.15, 0.2) is 24.3 Å². The summed E-state index contributed by atoms with van der Waals surface area (Å²) in [5.41, 5.74) is 0.933. The molecule has 0 saturated carbocycles. The van der Waals surface area contributed by atoms with Gasteiger partial charge in [0.25, 0.3) is 0 Å². The second-order valence-corrected chi connectivity index (χ2v) is 3.13. The van der Waals surface area contributed by atoms with E-state index in [2.05, 4.69) is 4.74 Å². The fourth-order valence-electron chi connectivity index (χ4n) is 1.10. The molecule has 0 unspecified atom stereocenters. The second-order valence-electron chi connectivity index (χ2n) is 2.82. The van der Waals surface area contributed by atoms with E-state index in [1.807, 2.05) is 0 Å². The van der Waals surface area contributed by atoms with Crippen LogP contribution in [0.2, 0.25) is 0 Å². The summed E-state index contributed by atoms with van der Waals surface area (Å²) in [5, 5.41) is 9.47. The van der Waals surface area contributed by atoms with Crippen LogP contribution in [-0.4, -0.2) is 24.1 Å². The number of esters is 1. The lowest BCUT2D eigenvalue weighted by Crippen LogP contribution is -2.00. The van der Waals surface area contributed by atoms with Crippen LogP contribution < -0.4 is 0 Å². The molecule has 1 aromatic rings. The Bertz CT molecular complexity index is 385. The molecule has 1 aromatic carbocycles. The van der Waals surface area contributed by atoms with Gasteiger partial charge in [-0.2, -0.15) is 0 Å². The Morgan fingerprint density at radius 1 is 1.60 bits per heavy atom. The minimum atomic E-state index is -0.435. The molecule has 4 heteroatoms. The highest BCUT2D eigenvalue weighted by molar-refractivity contribution is 6.19. The van der Waals surface area contributed by atoms with Gasteiger partial charge in [0.2, 0.25) is 0 Å². The first-order valence-electron chi connectivity index (χ1n) is 4.33. The molecule has 0 aromatic heterocycles. The number of hydrogen-bond donors (Lipinski definition) is 1. The minimum absolute atomic E-state index is 0.101. The predicted octanol–water partition coefficient (Wildman–Crippen LogP) is 2.43. The summed E-state index contributed by atoms with van der Waals surface area (Å²) in [4.78, 5) is 11.2. The van der Waals surface area contributed by atoms with E-state index in [0.29, 0.717) is 17.0 Å². The van der Waals surface area contributed by atoms with Crippen molar-refractivity contribution in [1.82, 2.24) is 0 Å². The highest BCUT2D eigenvalue weighted by atomic mass is 35.5. The van der Waals surface area contributed by atoms with E-state index in [0.717, 1.165) is 0 Å². The normalized spacial score (nSPS) is 10.5. The number of carbonyl (C=O) groups excluding carboxylic acids is 1. The van der Waals surface area contributed by atoms with Crippen molar-refractivity contribution in [3.63, 3.8) is 0 Å². The number of allylic oxidation sites excluding steroid dienone is 1. The average Bonchev–Trinajstić information content (AvgIpc) is 2.27. The topological polar surface area (TPSA) is 46.5 Å². The Balaban J connectivity index is 3.05. The maximum atomic E-state index is 11.2. The molecule has 15 heavy (non-hydrogen) atoms. The number of phenolic OH excluding ortho intramolecular Hbond substituents is 1. The van der Waals surface area contributed by atoms with E-state index in [1.165, 1.54) is 19.2 Å². The lowest BCUT2D eigenvalue weighted by atomic mass is 10.1. The number of hydrogen-bond acceptors (Lipinski definition) is 3. The van der Waals surface area contributed by atoms with Gasteiger partial charge in [0.1, 0.15) is 5.75 Å². The SMILES string of the molecule is COC(=O)c1ccc(O)c(C=CCCl)c1. The monoisotopic (exact) mass is 226 g/mol. The Hall–Kier alpha value is -1.48. The Kier molecular flexibility index (Phi) is 4.18. The Labute approximate surface area is 92.9 Å². The molecule has 1 rings (SSSR count). The number of carbonyl (C=O) groups is 1. The third-order valence-electron chi connectivity index (χ3n) is 1.84. The zero-order valence-corrected chi connectivity index (χ0v) is 8.99. The number of alkyl halides is 1. The van der Waals surface area contributed by atoms with E-state index in [4.69, 9.17) is 11.6 Å². The smallest absolute Gasteiger partial charge is 0.337 e. The Morgan fingerprint density at radius 2 is 2.33 bits per heavy atom. The molecule has 0 aliphatic heterocycles. The molecular weight excluding hydrogens is 216 g/mol. The average molecular weight is 227 g/mol. The molecule has 0 fully saturated rings. The van der Waals surface area contributed by atoms with E-state index in [-0.39, 0.29) is 5.75 Å². The molecule has 0 radical (unpaired) electrons. The third-order valence-corrected chi connectivity index (χ3v) is 2.01. The summed E-state index contributed by atoms with van der Waals surface area (Å²) >= 11 is 5.47. The molecular formula is C11H11ClO3. The van der Waals surface area contributed by atoms with Crippen molar-refractivity contribution in [2.75, 3.05) is 13.0 Å². The molecule has 3 nitrogen and oxygen atoms in total. The maximum absolute atomic E-state index is 11.2. The van der Waals surface area contributed by atoms with Gasteiger partial charge < -0.3 is 9.84 Å². The summed E-state index contributed by atoms with van der Waals surface area (Å²) in [5.74, 6) is 0.0153. The maximum Gasteiger partial charge on any atom is 0.337 e. The van der Waals surface area contributed by atoms with Gasteiger partial charge in [0.05, 0.1) is 12.7 Å². The van der Waals surface area contributed by atoms with Gasteiger partial charge in [0.15, 0.2) is 0 Å². The summed E-state index contributed by atoms with van der Waals surface area (Å²) in [6.07, 6.45) is 3.33. The van der Waals surface area contributed by atoms with Gasteiger partial charge in [-0.1, -0.05) is 12.2 Å². The van der Waals surface area contributed by atoms with Crippen LogP contribution in [-0.2, 0) is 4.74 Å². The Morgan fingerprint density at radius 3 is 2.93 bits per heavy atom. The number of rotatable bonds is 3. The van der Waals surface area contributed by atoms with Crippen molar-refractivity contribution < 1.29 is 14.6 Å². The van der Waals surface area contributed by atoms with Crippen LogP contribution in [0.25, 0.3) is 6.08 Å². The summed E-state index contributed by atoms with van der Waals surface area (Å²) in [6.45, 7) is 0. The molecule has 0 spiro atoms. The molecule has 80 valence electrons. The van der Waals surface area contributed by atoms with Crippen LogP contribution in [0.4, 0.5) is 0 Å². The standard InChI is InChI=1S/C11H11ClO3/c1-15-11(14)9-4-5-10(13)8(7-9)3-2-6-12/h2-5,7,13H,6H2,1H3. The number of benzene rings is 1. The van der Waals surface area contributed by atoms with Crippen LogP contribution in [0.5, 0.6) is 5.75 Å².